The van der Waals surface area contributed by atoms with Crippen LogP contribution in [0.4, 0.5) is 0 Å². The van der Waals surface area contributed by atoms with E-state index in [1.54, 1.807) is 12.1 Å². The number of aromatic nitrogens is 1. The number of rotatable bonds is 6. The predicted molar refractivity (Wildman–Crippen MR) is 136 cm³/mol. The van der Waals surface area contributed by atoms with Crippen LogP contribution < -0.4 is 10.1 Å². The maximum atomic E-state index is 12.9. The van der Waals surface area contributed by atoms with Crippen molar-refractivity contribution in [1.29, 1.82) is 0 Å². The molecule has 7 nitrogen and oxygen atoms in total. The van der Waals surface area contributed by atoms with Crippen LogP contribution in [0.2, 0.25) is 0 Å². The minimum absolute atomic E-state index is 0.00165. The highest BCUT2D eigenvalue weighted by Gasteiger charge is 2.34. The summed E-state index contributed by atoms with van der Waals surface area (Å²) in [6.45, 7) is 1.35. The van der Waals surface area contributed by atoms with Gasteiger partial charge in [0, 0.05) is 34.9 Å². The topological polar surface area (TPSA) is 83.8 Å². The smallest absolute Gasteiger partial charge is 0.259 e. The molecule has 0 saturated carbocycles. The minimum Gasteiger partial charge on any atom is -0.504 e. The Labute approximate surface area is 205 Å². The fourth-order valence-corrected chi connectivity index (χ4v) is 5.13. The van der Waals surface area contributed by atoms with Crippen LogP contribution in [-0.4, -0.2) is 53.6 Å². The summed E-state index contributed by atoms with van der Waals surface area (Å²) < 4.78 is 8.65. The zero-order valence-electron chi connectivity index (χ0n) is 19.1. The first-order valence-corrected chi connectivity index (χ1v) is 11.8. The maximum absolute atomic E-state index is 12.9. The van der Waals surface area contributed by atoms with Gasteiger partial charge in [-0.05, 0) is 49.8 Å². The Kier molecular flexibility index (Phi) is 5.58. The Morgan fingerprint density at radius 2 is 1.76 bits per heavy atom. The van der Waals surface area contributed by atoms with E-state index in [9.17, 15) is 14.7 Å². The first-order chi connectivity index (χ1) is 16.3. The van der Waals surface area contributed by atoms with Crippen LogP contribution in [0.25, 0.3) is 32.9 Å². The number of aryl methyl sites for hydroxylation is 1. The van der Waals surface area contributed by atoms with Crippen molar-refractivity contribution in [2.75, 3.05) is 27.2 Å². The number of hydrogen-bond donors (Lipinski definition) is 2. The summed E-state index contributed by atoms with van der Waals surface area (Å²) in [6, 6.07) is 13.0. The number of fused-ring (bicyclic) bond motifs is 5. The lowest BCUT2D eigenvalue weighted by Crippen LogP contribution is -2.20. The number of benzene rings is 3. The summed E-state index contributed by atoms with van der Waals surface area (Å²) in [4.78, 5) is 27.9. The Balaban J connectivity index is 1.74. The van der Waals surface area contributed by atoms with Gasteiger partial charge in [-0.25, -0.2) is 0 Å². The van der Waals surface area contributed by atoms with Crippen LogP contribution in [-0.2, 0) is 7.05 Å². The minimum atomic E-state index is -0.435. The summed E-state index contributed by atoms with van der Waals surface area (Å²) >= 11 is 3.58. The molecule has 2 heterocycles. The van der Waals surface area contributed by atoms with E-state index in [1.807, 2.05) is 56.0 Å². The van der Waals surface area contributed by atoms with Gasteiger partial charge >= 0.3 is 0 Å². The van der Waals surface area contributed by atoms with Crippen molar-refractivity contribution in [3.63, 3.8) is 0 Å². The van der Waals surface area contributed by atoms with E-state index in [1.165, 1.54) is 0 Å². The van der Waals surface area contributed by atoms with Gasteiger partial charge in [0.2, 0.25) is 0 Å². The van der Waals surface area contributed by atoms with E-state index in [0.717, 1.165) is 34.0 Å². The summed E-state index contributed by atoms with van der Waals surface area (Å²) in [5, 5.41) is 14.5. The molecule has 174 valence electrons. The molecule has 5 rings (SSSR count). The predicted octanol–water partition coefficient (Wildman–Crippen LogP) is 4.68. The number of carbonyl (C=O) groups is 2. The molecule has 2 N–H and O–H groups in total. The molecule has 1 aliphatic rings. The van der Waals surface area contributed by atoms with Crippen molar-refractivity contribution in [2.24, 2.45) is 7.05 Å². The highest BCUT2D eigenvalue weighted by atomic mass is 79.9. The molecule has 0 spiro atoms. The Morgan fingerprint density at radius 1 is 1.03 bits per heavy atom. The lowest BCUT2D eigenvalue weighted by Gasteiger charge is -2.11. The number of ether oxygens (including phenoxy) is 1. The number of hydrogen-bond acceptors (Lipinski definition) is 5. The second kappa shape index (κ2) is 8.45. The van der Waals surface area contributed by atoms with E-state index in [4.69, 9.17) is 4.74 Å². The Bertz CT molecular complexity index is 1490. The molecule has 0 fully saturated rings. The number of amides is 2. The largest absolute Gasteiger partial charge is 0.504 e. The molecule has 1 aromatic heterocycles. The van der Waals surface area contributed by atoms with Crippen LogP contribution in [0, 0.1) is 0 Å². The number of phenolic OH excluding ortho intramolecular Hbond substituents is 1. The third-order valence-corrected chi connectivity index (χ3v) is 6.92. The van der Waals surface area contributed by atoms with Gasteiger partial charge < -0.3 is 19.3 Å². The van der Waals surface area contributed by atoms with Crippen molar-refractivity contribution in [1.82, 2.24) is 14.8 Å². The molecule has 3 aromatic carbocycles. The summed E-state index contributed by atoms with van der Waals surface area (Å²) in [6.07, 6.45) is 0.824. The van der Waals surface area contributed by atoms with E-state index in [2.05, 4.69) is 26.1 Å². The average molecular weight is 522 g/mol. The van der Waals surface area contributed by atoms with E-state index < -0.39 is 11.8 Å². The van der Waals surface area contributed by atoms with Crippen molar-refractivity contribution >= 4 is 49.6 Å². The number of halogens is 1. The molecule has 0 radical (unpaired) electrons. The van der Waals surface area contributed by atoms with Gasteiger partial charge in [-0.1, -0.05) is 34.1 Å². The van der Waals surface area contributed by atoms with E-state index in [-0.39, 0.29) is 5.75 Å². The zero-order valence-corrected chi connectivity index (χ0v) is 20.7. The second-order valence-electron chi connectivity index (χ2n) is 8.73. The molecule has 4 aromatic rings. The van der Waals surface area contributed by atoms with Crippen molar-refractivity contribution in [2.45, 2.75) is 6.42 Å². The van der Waals surface area contributed by atoms with Crippen LogP contribution in [0.1, 0.15) is 27.1 Å². The first-order valence-electron chi connectivity index (χ1n) is 11.0. The van der Waals surface area contributed by atoms with E-state index in [0.29, 0.717) is 39.8 Å². The van der Waals surface area contributed by atoms with Gasteiger partial charge in [0.1, 0.15) is 0 Å². The number of nitrogens with zero attached hydrogens (tertiary/aromatic N) is 2. The molecule has 8 heteroatoms. The standard InChI is InChI=1S/C26H24BrN3O4/c1-29(2)9-6-10-34-21-13-18-16(12-20(21)31)22-19(30(18)3)11-15(14-7-4-5-8-17(14)27)23-24(22)26(33)28-25(23)32/h4-5,7-8,11-13,31H,6,9-10H2,1-3H3,(H,28,32,33). The highest BCUT2D eigenvalue weighted by Crippen LogP contribution is 2.44. The number of nitrogens with one attached hydrogen (secondary N) is 1. The monoisotopic (exact) mass is 521 g/mol. The second-order valence-corrected chi connectivity index (χ2v) is 9.59. The zero-order chi connectivity index (χ0) is 24.1. The molecule has 34 heavy (non-hydrogen) atoms. The van der Waals surface area contributed by atoms with Crippen LogP contribution in [0.15, 0.2) is 46.9 Å². The Hall–Kier alpha value is -3.36. The number of carbonyl (C=O) groups excluding carboxylic acids is 2. The molecule has 2 amide bonds. The van der Waals surface area contributed by atoms with Crippen molar-refractivity contribution in [3.8, 4) is 22.6 Å². The average Bonchev–Trinajstić information content (AvgIpc) is 3.24. The van der Waals surface area contributed by atoms with E-state index >= 15 is 0 Å². The van der Waals surface area contributed by atoms with Gasteiger partial charge in [-0.3, -0.25) is 14.9 Å². The Morgan fingerprint density at radius 3 is 2.50 bits per heavy atom. The molecule has 0 saturated heterocycles. The van der Waals surface area contributed by atoms with Crippen molar-refractivity contribution < 1.29 is 19.4 Å². The van der Waals surface area contributed by atoms with Gasteiger partial charge in [0.25, 0.3) is 11.8 Å². The number of phenols is 1. The molecule has 0 aliphatic carbocycles. The number of imide groups is 1. The van der Waals surface area contributed by atoms with Crippen LogP contribution >= 0.6 is 15.9 Å². The fraction of sp³-hybridized carbons (Fsp3) is 0.231. The lowest BCUT2D eigenvalue weighted by atomic mass is 9.93. The molecule has 0 bridgehead atoms. The van der Waals surface area contributed by atoms with Gasteiger partial charge in [0.15, 0.2) is 11.5 Å². The molecular formula is C26H24BrN3O4. The maximum Gasteiger partial charge on any atom is 0.259 e. The number of aromatic hydroxyl groups is 1. The lowest BCUT2D eigenvalue weighted by molar-refractivity contribution is 0.0880. The summed E-state index contributed by atoms with van der Waals surface area (Å²) in [5.74, 6) is -0.469. The van der Waals surface area contributed by atoms with Crippen molar-refractivity contribution in [3.05, 3.63) is 58.1 Å². The van der Waals surface area contributed by atoms with Gasteiger partial charge in [0.05, 0.1) is 28.8 Å². The highest BCUT2D eigenvalue weighted by molar-refractivity contribution is 9.10. The fourth-order valence-electron chi connectivity index (χ4n) is 4.63. The third kappa shape index (κ3) is 3.54. The molecule has 1 aliphatic heterocycles. The van der Waals surface area contributed by atoms with Crippen LogP contribution in [0.5, 0.6) is 11.5 Å². The molecular weight excluding hydrogens is 498 g/mol. The molecule has 0 atom stereocenters. The summed E-state index contributed by atoms with van der Waals surface area (Å²) in [7, 11) is 5.91. The van der Waals surface area contributed by atoms with Gasteiger partial charge in [-0.15, -0.1) is 0 Å². The van der Waals surface area contributed by atoms with Gasteiger partial charge in [-0.2, -0.15) is 0 Å². The molecule has 0 unspecified atom stereocenters. The summed E-state index contributed by atoms with van der Waals surface area (Å²) in [5.41, 5.74) is 3.76. The first kappa shape index (κ1) is 22.4. The SMILES string of the molecule is CN(C)CCCOc1cc2c(cc1O)c1c3c(c(-c4ccccc4Br)cc1n2C)C(=O)NC3=O. The normalized spacial score (nSPS) is 13.2. The quantitative estimate of drug-likeness (QED) is 0.284. The third-order valence-electron chi connectivity index (χ3n) is 6.23. The van der Waals surface area contributed by atoms with Crippen LogP contribution in [0.3, 0.4) is 0 Å².